The van der Waals surface area contributed by atoms with Crippen LogP contribution in [-0.4, -0.2) is 23.8 Å². The summed E-state index contributed by atoms with van der Waals surface area (Å²) in [7, 11) is 1.60. The molecule has 23 heavy (non-hydrogen) atoms. The number of nitrogens with zero attached hydrogens (tertiary/aromatic N) is 1. The van der Waals surface area contributed by atoms with Gasteiger partial charge in [0, 0.05) is 40.7 Å². The highest BCUT2D eigenvalue weighted by Crippen LogP contribution is 2.21. The van der Waals surface area contributed by atoms with Crippen LogP contribution in [-0.2, 0) is 11.2 Å². The molecule has 0 saturated heterocycles. The number of halogens is 1. The van der Waals surface area contributed by atoms with Gasteiger partial charge >= 0.3 is 0 Å². The molecule has 118 valence electrons. The van der Waals surface area contributed by atoms with Gasteiger partial charge in [0.2, 0.25) is 0 Å². The van der Waals surface area contributed by atoms with Crippen molar-refractivity contribution in [3.63, 3.8) is 0 Å². The summed E-state index contributed by atoms with van der Waals surface area (Å²) in [5.74, 6) is -0.395. The standard InChI is InChI=1S/C17H16ClN3O2/c1-8-14(20-9(2)15(8)17(23)19-3)7-12-11-6-10(18)4-5-13(11)21-16(12)22/h4-6,20H,7H2,1-3H3,(H,19,23). The van der Waals surface area contributed by atoms with Crippen LogP contribution in [0.15, 0.2) is 23.2 Å². The second-order valence-corrected chi connectivity index (χ2v) is 5.98. The van der Waals surface area contributed by atoms with Crippen molar-refractivity contribution in [2.24, 2.45) is 4.99 Å². The molecule has 2 N–H and O–H groups in total. The van der Waals surface area contributed by atoms with Gasteiger partial charge in [-0.3, -0.25) is 9.59 Å². The van der Waals surface area contributed by atoms with Crippen molar-refractivity contribution in [1.82, 2.24) is 10.3 Å². The molecule has 0 radical (unpaired) electrons. The molecule has 0 saturated carbocycles. The van der Waals surface area contributed by atoms with E-state index in [2.05, 4.69) is 15.3 Å². The van der Waals surface area contributed by atoms with Crippen molar-refractivity contribution < 1.29 is 9.59 Å². The monoisotopic (exact) mass is 329 g/mol. The third kappa shape index (κ3) is 2.57. The van der Waals surface area contributed by atoms with E-state index in [9.17, 15) is 9.59 Å². The average molecular weight is 330 g/mol. The van der Waals surface area contributed by atoms with Gasteiger partial charge in [-0.2, -0.15) is 0 Å². The fraction of sp³-hybridized carbons (Fsp3) is 0.235. The van der Waals surface area contributed by atoms with Gasteiger partial charge in [0.15, 0.2) is 0 Å². The lowest BCUT2D eigenvalue weighted by atomic mass is 10.0. The van der Waals surface area contributed by atoms with Gasteiger partial charge in [-0.25, -0.2) is 4.99 Å². The number of nitrogens with one attached hydrogen (secondary N) is 2. The van der Waals surface area contributed by atoms with Gasteiger partial charge in [-0.05, 0) is 37.6 Å². The van der Waals surface area contributed by atoms with Crippen LogP contribution in [0.2, 0.25) is 5.02 Å². The van der Waals surface area contributed by atoms with Crippen LogP contribution in [0.25, 0.3) is 5.57 Å². The molecule has 0 unspecified atom stereocenters. The Hall–Kier alpha value is -2.40. The van der Waals surface area contributed by atoms with Gasteiger partial charge in [0.25, 0.3) is 11.8 Å². The second kappa shape index (κ2) is 5.66. The number of aromatic nitrogens is 1. The van der Waals surface area contributed by atoms with Gasteiger partial charge < -0.3 is 10.3 Å². The summed E-state index contributed by atoms with van der Waals surface area (Å²) < 4.78 is 0. The summed E-state index contributed by atoms with van der Waals surface area (Å²) >= 11 is 6.03. The van der Waals surface area contributed by atoms with Crippen LogP contribution >= 0.6 is 11.6 Å². The van der Waals surface area contributed by atoms with Crippen molar-refractivity contribution in [2.75, 3.05) is 7.05 Å². The molecular formula is C17H16ClN3O2. The molecule has 3 rings (SSSR count). The number of hydrogen-bond donors (Lipinski definition) is 2. The Balaban J connectivity index is 2.10. The molecular weight excluding hydrogens is 314 g/mol. The number of carbonyl (C=O) groups excluding carboxylic acids is 2. The first-order valence-electron chi connectivity index (χ1n) is 7.24. The Morgan fingerprint density at radius 3 is 2.78 bits per heavy atom. The molecule has 0 atom stereocenters. The summed E-state index contributed by atoms with van der Waals surface area (Å²) in [5, 5.41) is 4.60. The van der Waals surface area contributed by atoms with E-state index in [0.29, 0.717) is 27.9 Å². The summed E-state index contributed by atoms with van der Waals surface area (Å²) in [4.78, 5) is 31.4. The summed E-state index contributed by atoms with van der Waals surface area (Å²) in [6.07, 6.45) is 0.388. The van der Waals surface area contributed by atoms with E-state index in [0.717, 1.165) is 22.2 Å². The zero-order valence-electron chi connectivity index (χ0n) is 13.1. The van der Waals surface area contributed by atoms with Crippen molar-refractivity contribution in [2.45, 2.75) is 20.3 Å². The van der Waals surface area contributed by atoms with E-state index in [1.54, 1.807) is 25.2 Å². The van der Waals surface area contributed by atoms with E-state index < -0.39 is 0 Å². The van der Waals surface area contributed by atoms with Crippen LogP contribution in [0.5, 0.6) is 0 Å². The van der Waals surface area contributed by atoms with Gasteiger partial charge in [0.1, 0.15) is 0 Å². The van der Waals surface area contributed by atoms with Crippen molar-refractivity contribution in [3.05, 3.63) is 56.3 Å². The summed E-state index contributed by atoms with van der Waals surface area (Å²) in [6, 6.07) is 5.21. The highest BCUT2D eigenvalue weighted by atomic mass is 35.5. The van der Waals surface area contributed by atoms with Crippen LogP contribution in [0.3, 0.4) is 0 Å². The van der Waals surface area contributed by atoms with Gasteiger partial charge in [-0.1, -0.05) is 11.6 Å². The molecule has 2 aromatic rings. The number of H-pyrrole nitrogens is 1. The molecule has 2 heterocycles. The molecule has 0 spiro atoms. The maximum atomic E-state index is 12.2. The molecule has 1 aliphatic rings. The minimum atomic E-state index is -0.254. The predicted octanol–water partition coefficient (Wildman–Crippen LogP) is 1.20. The first-order valence-corrected chi connectivity index (χ1v) is 7.62. The molecule has 0 aliphatic carbocycles. The molecule has 0 fully saturated rings. The first-order chi connectivity index (χ1) is 10.9. The number of carbonyl (C=O) groups is 2. The maximum Gasteiger partial charge on any atom is 0.274 e. The minimum Gasteiger partial charge on any atom is -0.361 e. The first kappa shape index (κ1) is 15.5. The lowest BCUT2D eigenvalue weighted by Crippen LogP contribution is -2.23. The van der Waals surface area contributed by atoms with Crippen LogP contribution in [0, 0.1) is 13.8 Å². The van der Waals surface area contributed by atoms with Crippen molar-refractivity contribution in [3.8, 4) is 0 Å². The Kier molecular flexibility index (Phi) is 3.82. The number of hydrogen-bond acceptors (Lipinski definition) is 2. The maximum absolute atomic E-state index is 12.2. The van der Waals surface area contributed by atoms with E-state index in [1.807, 2.05) is 13.8 Å². The van der Waals surface area contributed by atoms with E-state index in [4.69, 9.17) is 11.6 Å². The van der Waals surface area contributed by atoms with Crippen LogP contribution < -0.4 is 15.9 Å². The number of aryl methyl sites for hydroxylation is 1. The third-order valence-electron chi connectivity index (χ3n) is 4.11. The molecule has 2 amide bonds. The fourth-order valence-electron chi connectivity index (χ4n) is 2.94. The van der Waals surface area contributed by atoms with Crippen LogP contribution in [0.1, 0.15) is 27.3 Å². The minimum absolute atomic E-state index is 0.140. The van der Waals surface area contributed by atoms with Crippen molar-refractivity contribution in [1.29, 1.82) is 0 Å². The SMILES string of the molecule is CNC(=O)c1c(C)[nH]c(CC2=c3cc(Cl)ccc3=NC2=O)c1C. The highest BCUT2D eigenvalue weighted by molar-refractivity contribution is 6.30. The number of rotatable bonds is 3. The largest absolute Gasteiger partial charge is 0.361 e. The molecule has 6 heteroatoms. The normalized spacial score (nSPS) is 13.0. The zero-order chi connectivity index (χ0) is 16.7. The van der Waals surface area contributed by atoms with Crippen molar-refractivity contribution >= 4 is 29.0 Å². The number of amides is 2. The third-order valence-corrected chi connectivity index (χ3v) is 4.35. The summed E-state index contributed by atoms with van der Waals surface area (Å²) in [5.41, 5.74) is 3.68. The van der Waals surface area contributed by atoms with Gasteiger partial charge in [0.05, 0.1) is 10.9 Å². The smallest absolute Gasteiger partial charge is 0.274 e. The molecule has 0 bridgehead atoms. The van der Waals surface area contributed by atoms with E-state index in [-0.39, 0.29) is 11.8 Å². The zero-order valence-corrected chi connectivity index (χ0v) is 13.8. The quantitative estimate of drug-likeness (QED) is 0.888. The lowest BCUT2D eigenvalue weighted by Gasteiger charge is -2.02. The average Bonchev–Trinajstić information content (AvgIpc) is 2.96. The predicted molar refractivity (Wildman–Crippen MR) is 88.0 cm³/mol. The topological polar surface area (TPSA) is 74.3 Å². The molecule has 1 aliphatic heterocycles. The van der Waals surface area contributed by atoms with E-state index in [1.165, 1.54) is 0 Å². The highest BCUT2D eigenvalue weighted by Gasteiger charge is 2.22. The Bertz CT molecular complexity index is 957. The molecule has 5 nitrogen and oxygen atoms in total. The lowest BCUT2D eigenvalue weighted by molar-refractivity contribution is -0.112. The summed E-state index contributed by atoms with van der Waals surface area (Å²) in [6.45, 7) is 3.72. The molecule has 1 aromatic carbocycles. The number of fused-ring (bicyclic) bond motifs is 1. The number of aromatic amines is 1. The Morgan fingerprint density at radius 1 is 1.35 bits per heavy atom. The fourth-order valence-corrected chi connectivity index (χ4v) is 3.12. The Labute approximate surface area is 138 Å². The Morgan fingerprint density at radius 2 is 2.09 bits per heavy atom. The van der Waals surface area contributed by atoms with Gasteiger partial charge in [-0.15, -0.1) is 0 Å². The van der Waals surface area contributed by atoms with E-state index >= 15 is 0 Å². The second-order valence-electron chi connectivity index (χ2n) is 5.54. The molecule has 1 aromatic heterocycles. The number of benzene rings is 1. The van der Waals surface area contributed by atoms with Crippen LogP contribution in [0.4, 0.5) is 0 Å².